The fourth-order valence-electron chi connectivity index (χ4n) is 5.99. The van der Waals surface area contributed by atoms with Crippen LogP contribution in [0.5, 0.6) is 5.75 Å². The van der Waals surface area contributed by atoms with E-state index in [-0.39, 0.29) is 0 Å². The monoisotopic (exact) mass is 576 g/mol. The molecule has 0 radical (unpaired) electrons. The average Bonchev–Trinajstić information content (AvgIpc) is 3.41. The molecular formula is C35H33BrN2O. The molecule has 1 aliphatic carbocycles. The summed E-state index contributed by atoms with van der Waals surface area (Å²) in [6.07, 6.45) is 7.75. The quantitative estimate of drug-likeness (QED) is 0.183. The summed E-state index contributed by atoms with van der Waals surface area (Å²) in [6, 6.07) is 28.3. The minimum Gasteiger partial charge on any atom is -0.488 e. The van der Waals surface area contributed by atoms with Gasteiger partial charge in [0, 0.05) is 17.8 Å². The zero-order chi connectivity index (χ0) is 26.9. The van der Waals surface area contributed by atoms with Crippen molar-refractivity contribution >= 4 is 33.5 Å². The largest absolute Gasteiger partial charge is 0.488 e. The van der Waals surface area contributed by atoms with Crippen LogP contribution in [-0.2, 0) is 6.61 Å². The Morgan fingerprint density at radius 1 is 0.897 bits per heavy atom. The van der Waals surface area contributed by atoms with Crippen molar-refractivity contribution in [1.29, 1.82) is 0 Å². The Balaban J connectivity index is 1.12. The van der Waals surface area contributed by atoms with E-state index in [1.807, 2.05) is 24.4 Å². The Hall–Kier alpha value is -3.63. The number of fused-ring (bicyclic) bond motifs is 3. The van der Waals surface area contributed by atoms with Crippen LogP contribution in [0.25, 0.3) is 0 Å². The number of allylic oxidation sites excluding steroid dienone is 2. The van der Waals surface area contributed by atoms with Crippen molar-refractivity contribution < 1.29 is 4.74 Å². The highest BCUT2D eigenvalue weighted by atomic mass is 79.9. The van der Waals surface area contributed by atoms with Gasteiger partial charge < -0.3 is 10.1 Å². The number of halogens is 1. The van der Waals surface area contributed by atoms with E-state index in [4.69, 9.17) is 9.73 Å². The van der Waals surface area contributed by atoms with Gasteiger partial charge in [0.15, 0.2) is 0 Å². The summed E-state index contributed by atoms with van der Waals surface area (Å²) >= 11 is 3.67. The van der Waals surface area contributed by atoms with Crippen LogP contribution in [0.4, 0.5) is 11.4 Å². The Morgan fingerprint density at radius 2 is 1.69 bits per heavy atom. The number of rotatable bonds is 6. The number of nitrogens with zero attached hydrogens (tertiary/aromatic N) is 1. The van der Waals surface area contributed by atoms with E-state index < -0.39 is 0 Å². The molecular weight excluding hydrogens is 544 g/mol. The molecule has 0 saturated carbocycles. The van der Waals surface area contributed by atoms with E-state index in [0.717, 1.165) is 27.9 Å². The predicted octanol–water partition coefficient (Wildman–Crippen LogP) is 9.53. The second kappa shape index (κ2) is 10.9. The van der Waals surface area contributed by atoms with Crippen LogP contribution in [0.3, 0.4) is 0 Å². The van der Waals surface area contributed by atoms with Gasteiger partial charge in [-0.1, -0.05) is 71.3 Å². The first-order valence-corrected chi connectivity index (χ1v) is 14.4. The van der Waals surface area contributed by atoms with Gasteiger partial charge in [0.2, 0.25) is 0 Å². The molecule has 0 saturated heterocycles. The fourth-order valence-corrected chi connectivity index (χ4v) is 6.50. The van der Waals surface area contributed by atoms with Crippen molar-refractivity contribution in [1.82, 2.24) is 0 Å². The molecule has 196 valence electrons. The number of ether oxygens (including phenoxy) is 1. The summed E-state index contributed by atoms with van der Waals surface area (Å²) in [6.45, 7) is 6.94. The lowest BCUT2D eigenvalue weighted by Crippen LogP contribution is -2.29. The van der Waals surface area contributed by atoms with Crippen molar-refractivity contribution in [3.05, 3.63) is 134 Å². The van der Waals surface area contributed by atoms with Gasteiger partial charge in [-0.15, -0.1) is 0 Å². The minimum absolute atomic E-state index is 0.297. The lowest BCUT2D eigenvalue weighted by atomic mass is 9.76. The molecule has 3 atom stereocenters. The van der Waals surface area contributed by atoms with E-state index in [9.17, 15) is 0 Å². The topological polar surface area (TPSA) is 33.6 Å². The third-order valence-corrected chi connectivity index (χ3v) is 8.38. The molecule has 1 aliphatic heterocycles. The highest BCUT2D eigenvalue weighted by Gasteiger charge is 2.37. The first-order chi connectivity index (χ1) is 18.9. The molecule has 0 unspecified atom stereocenters. The summed E-state index contributed by atoms with van der Waals surface area (Å²) < 4.78 is 7.00. The van der Waals surface area contributed by atoms with Gasteiger partial charge in [-0.25, -0.2) is 0 Å². The van der Waals surface area contributed by atoms with Crippen LogP contribution in [0.2, 0.25) is 0 Å². The highest BCUT2D eigenvalue weighted by Crippen LogP contribution is 2.50. The molecule has 1 N–H and O–H groups in total. The van der Waals surface area contributed by atoms with Gasteiger partial charge in [0.05, 0.1) is 16.2 Å². The summed E-state index contributed by atoms with van der Waals surface area (Å²) in [5.41, 5.74) is 11.0. The molecule has 0 spiro atoms. The predicted molar refractivity (Wildman–Crippen MR) is 166 cm³/mol. The first kappa shape index (κ1) is 25.6. The van der Waals surface area contributed by atoms with Gasteiger partial charge in [0.25, 0.3) is 0 Å². The molecule has 4 aromatic rings. The lowest BCUT2D eigenvalue weighted by Gasteiger charge is -2.37. The molecule has 2 aliphatic rings. The Kier molecular flexibility index (Phi) is 7.14. The maximum atomic E-state index is 6.08. The number of hydrogen-bond donors (Lipinski definition) is 1. The second-order valence-electron chi connectivity index (χ2n) is 10.9. The molecule has 4 heteroatoms. The standard InChI is InChI=1S/C35H33BrN2O/c1-22-7-13-33-31(18-22)29-5-4-6-30(29)35(38-33)27-9-11-28(12-10-27)37-20-25-8-14-34(32(36)19-25)39-21-26-16-23(2)15-24(3)17-26/h4-5,7-20,29-30,35,38H,6,21H2,1-3H3/t29-,30-,35+/m1/s1. The van der Waals surface area contributed by atoms with E-state index in [1.54, 1.807) is 0 Å². The van der Waals surface area contributed by atoms with Crippen molar-refractivity contribution in [2.75, 3.05) is 5.32 Å². The Bertz CT molecular complexity index is 1550. The number of benzene rings is 4. The molecule has 4 aromatic carbocycles. The first-order valence-electron chi connectivity index (χ1n) is 13.6. The number of anilines is 1. The van der Waals surface area contributed by atoms with E-state index in [0.29, 0.717) is 24.5 Å². The van der Waals surface area contributed by atoms with Crippen LogP contribution < -0.4 is 10.1 Å². The molecule has 0 bridgehead atoms. The molecule has 3 nitrogen and oxygen atoms in total. The zero-order valence-corrected chi connectivity index (χ0v) is 24.2. The number of hydrogen-bond acceptors (Lipinski definition) is 3. The molecule has 1 heterocycles. The van der Waals surface area contributed by atoms with Gasteiger partial charge in [-0.3, -0.25) is 4.99 Å². The minimum atomic E-state index is 0.297. The van der Waals surface area contributed by atoms with Gasteiger partial charge in [-0.05, 0) is 108 Å². The Morgan fingerprint density at radius 3 is 2.46 bits per heavy atom. The molecule has 0 aromatic heterocycles. The molecule has 39 heavy (non-hydrogen) atoms. The average molecular weight is 578 g/mol. The van der Waals surface area contributed by atoms with Crippen LogP contribution in [0, 0.1) is 26.7 Å². The smallest absolute Gasteiger partial charge is 0.134 e. The van der Waals surface area contributed by atoms with E-state index in [1.165, 1.54) is 39.1 Å². The lowest BCUT2D eigenvalue weighted by molar-refractivity contribution is 0.304. The summed E-state index contributed by atoms with van der Waals surface area (Å²) in [5, 5.41) is 3.83. The van der Waals surface area contributed by atoms with E-state index in [2.05, 4.69) is 115 Å². The van der Waals surface area contributed by atoms with Crippen LogP contribution in [-0.4, -0.2) is 6.21 Å². The molecule has 0 amide bonds. The summed E-state index contributed by atoms with van der Waals surface area (Å²) in [5.74, 6) is 1.85. The summed E-state index contributed by atoms with van der Waals surface area (Å²) in [7, 11) is 0. The maximum Gasteiger partial charge on any atom is 0.134 e. The van der Waals surface area contributed by atoms with Crippen molar-refractivity contribution in [2.24, 2.45) is 10.9 Å². The highest BCUT2D eigenvalue weighted by molar-refractivity contribution is 9.10. The molecule has 6 rings (SSSR count). The summed E-state index contributed by atoms with van der Waals surface area (Å²) in [4.78, 5) is 4.74. The molecule has 0 fully saturated rings. The van der Waals surface area contributed by atoms with Crippen LogP contribution in [0.15, 0.2) is 100 Å². The third kappa shape index (κ3) is 5.58. The van der Waals surface area contributed by atoms with Crippen molar-refractivity contribution in [3.63, 3.8) is 0 Å². The number of nitrogens with one attached hydrogen (secondary N) is 1. The van der Waals surface area contributed by atoms with Crippen LogP contribution in [0.1, 0.15) is 57.3 Å². The van der Waals surface area contributed by atoms with Crippen molar-refractivity contribution in [2.45, 2.75) is 45.8 Å². The number of aryl methyl sites for hydroxylation is 3. The Labute approximate surface area is 239 Å². The van der Waals surface area contributed by atoms with E-state index >= 15 is 0 Å². The fraction of sp³-hybridized carbons (Fsp3) is 0.229. The van der Waals surface area contributed by atoms with Gasteiger partial charge in [-0.2, -0.15) is 0 Å². The number of aliphatic imine (C=N–C) groups is 1. The maximum absolute atomic E-state index is 6.08. The van der Waals surface area contributed by atoms with Gasteiger partial charge in [0.1, 0.15) is 12.4 Å². The van der Waals surface area contributed by atoms with Crippen LogP contribution >= 0.6 is 15.9 Å². The normalized spacial score (nSPS) is 19.5. The van der Waals surface area contributed by atoms with Gasteiger partial charge >= 0.3 is 0 Å². The SMILES string of the molecule is Cc1cc(C)cc(COc2ccc(C=Nc3ccc([C@@H]4Nc5ccc(C)cc5[C@@H]5C=CC[C@H]54)cc3)cc2Br)c1. The second-order valence-corrected chi connectivity index (χ2v) is 11.7. The van der Waals surface area contributed by atoms with Crippen molar-refractivity contribution in [3.8, 4) is 5.75 Å². The third-order valence-electron chi connectivity index (χ3n) is 7.76. The zero-order valence-electron chi connectivity index (χ0n) is 22.6.